The predicted molar refractivity (Wildman–Crippen MR) is 136 cm³/mol. The Balaban J connectivity index is 1.38. The van der Waals surface area contributed by atoms with E-state index in [1.165, 1.54) is 29.5 Å². The molecule has 178 valence electrons. The number of amides is 3. The lowest BCUT2D eigenvalue weighted by Gasteiger charge is -2.22. The maximum atomic E-state index is 12.3. The van der Waals surface area contributed by atoms with Crippen molar-refractivity contribution in [2.75, 3.05) is 5.75 Å². The van der Waals surface area contributed by atoms with Crippen LogP contribution in [-0.4, -0.2) is 33.5 Å². The number of carbonyl (C=O) groups excluding carboxylic acids is 2. The fraction of sp³-hybridized carbons (Fsp3) is 0.360. The summed E-state index contributed by atoms with van der Waals surface area (Å²) in [6.45, 7) is 1.16. The summed E-state index contributed by atoms with van der Waals surface area (Å²) in [7, 11) is 0. The summed E-state index contributed by atoms with van der Waals surface area (Å²) in [6, 6.07) is 19.9. The van der Waals surface area contributed by atoms with E-state index in [1.807, 2.05) is 53.2 Å². The molecular formula is C25H29N5O2S2. The van der Waals surface area contributed by atoms with E-state index in [0.29, 0.717) is 13.1 Å². The van der Waals surface area contributed by atoms with Crippen LogP contribution < -0.4 is 15.4 Å². The summed E-state index contributed by atoms with van der Waals surface area (Å²) in [5.74, 6) is -0.208. The van der Waals surface area contributed by atoms with Crippen LogP contribution in [0, 0.1) is 0 Å². The van der Waals surface area contributed by atoms with Gasteiger partial charge in [-0.2, -0.15) is 5.10 Å². The van der Waals surface area contributed by atoms with Crippen LogP contribution in [0.25, 0.3) is 0 Å². The molecule has 1 saturated carbocycles. The van der Waals surface area contributed by atoms with Gasteiger partial charge in [-0.15, -0.1) is 0 Å². The van der Waals surface area contributed by atoms with Gasteiger partial charge in [-0.3, -0.25) is 15.1 Å². The minimum atomic E-state index is -0.408. The molecule has 0 radical (unpaired) electrons. The van der Waals surface area contributed by atoms with Gasteiger partial charge >= 0.3 is 6.03 Å². The van der Waals surface area contributed by atoms with Crippen molar-refractivity contribution in [2.24, 2.45) is 4.99 Å². The van der Waals surface area contributed by atoms with Crippen LogP contribution in [0.3, 0.4) is 0 Å². The van der Waals surface area contributed by atoms with Gasteiger partial charge in [-0.1, -0.05) is 103 Å². The lowest BCUT2D eigenvalue weighted by molar-refractivity contribution is -0.117. The van der Waals surface area contributed by atoms with Gasteiger partial charge in [0.2, 0.25) is 10.7 Å². The third-order valence-electron chi connectivity index (χ3n) is 5.54. The van der Waals surface area contributed by atoms with Gasteiger partial charge < -0.3 is 5.32 Å². The average molecular weight is 496 g/mol. The number of nitrogens with zero attached hydrogens (tertiary/aromatic N) is 3. The Morgan fingerprint density at radius 2 is 1.68 bits per heavy atom. The smallest absolute Gasteiger partial charge is 0.321 e. The highest BCUT2D eigenvalue weighted by molar-refractivity contribution is 8.01. The Labute approximate surface area is 207 Å². The second-order valence-electron chi connectivity index (χ2n) is 8.24. The summed E-state index contributed by atoms with van der Waals surface area (Å²) in [4.78, 5) is 30.0. The van der Waals surface area contributed by atoms with Gasteiger partial charge in [0, 0.05) is 6.04 Å². The van der Waals surface area contributed by atoms with Gasteiger partial charge in [0.25, 0.3) is 0 Å². The van der Waals surface area contributed by atoms with E-state index in [4.69, 9.17) is 4.99 Å². The molecule has 0 aliphatic heterocycles. The first-order valence-corrected chi connectivity index (χ1v) is 13.4. The van der Waals surface area contributed by atoms with Crippen LogP contribution in [-0.2, 0) is 17.9 Å². The van der Waals surface area contributed by atoms with Gasteiger partial charge in [-0.25, -0.2) is 9.48 Å². The van der Waals surface area contributed by atoms with Crippen molar-refractivity contribution in [2.45, 2.75) is 55.6 Å². The van der Waals surface area contributed by atoms with Crippen molar-refractivity contribution in [3.05, 3.63) is 76.6 Å². The SMILES string of the molecule is O=C(CSc1nn(Cc2ccccc2)c(=NCc2ccccc2)s1)NC(=O)NC1CCCCC1. The van der Waals surface area contributed by atoms with Crippen LogP contribution in [0.2, 0.25) is 0 Å². The minimum absolute atomic E-state index is 0.120. The van der Waals surface area contributed by atoms with E-state index in [2.05, 4.69) is 27.9 Å². The number of nitrogens with one attached hydrogen (secondary N) is 2. The highest BCUT2D eigenvalue weighted by Gasteiger charge is 2.17. The van der Waals surface area contributed by atoms with Gasteiger partial charge in [0.15, 0.2) is 4.34 Å². The second kappa shape index (κ2) is 12.5. The summed E-state index contributed by atoms with van der Waals surface area (Å²) >= 11 is 2.77. The normalized spacial score (nSPS) is 14.6. The summed E-state index contributed by atoms with van der Waals surface area (Å²) < 4.78 is 2.62. The van der Waals surface area contributed by atoms with Crippen LogP contribution in [0.4, 0.5) is 4.79 Å². The molecule has 7 nitrogen and oxygen atoms in total. The molecule has 2 N–H and O–H groups in total. The molecule has 1 aliphatic rings. The van der Waals surface area contributed by atoms with E-state index in [-0.39, 0.29) is 17.7 Å². The zero-order valence-electron chi connectivity index (χ0n) is 19.0. The van der Waals surface area contributed by atoms with Crippen molar-refractivity contribution in [1.29, 1.82) is 0 Å². The molecule has 0 atom stereocenters. The lowest BCUT2D eigenvalue weighted by Crippen LogP contribution is -2.45. The molecule has 0 spiro atoms. The maximum absolute atomic E-state index is 12.3. The molecule has 4 rings (SSSR count). The Kier molecular flexibility index (Phi) is 8.92. The molecular weight excluding hydrogens is 466 g/mol. The molecule has 1 aliphatic carbocycles. The molecule has 34 heavy (non-hydrogen) atoms. The number of thioether (sulfide) groups is 1. The van der Waals surface area contributed by atoms with E-state index in [0.717, 1.165) is 46.0 Å². The number of aromatic nitrogens is 2. The van der Waals surface area contributed by atoms with Gasteiger partial charge in [-0.05, 0) is 24.0 Å². The van der Waals surface area contributed by atoms with E-state index >= 15 is 0 Å². The van der Waals surface area contributed by atoms with Gasteiger partial charge in [0.05, 0.1) is 18.8 Å². The van der Waals surface area contributed by atoms with E-state index in [1.54, 1.807) is 0 Å². The summed E-state index contributed by atoms with van der Waals surface area (Å²) in [6.07, 6.45) is 5.42. The Morgan fingerprint density at radius 1 is 1.00 bits per heavy atom. The molecule has 1 aromatic heterocycles. The Morgan fingerprint density at radius 3 is 2.38 bits per heavy atom. The first kappa shape index (κ1) is 24.2. The van der Waals surface area contributed by atoms with Crippen molar-refractivity contribution in [3.8, 4) is 0 Å². The molecule has 3 aromatic rings. The number of carbonyl (C=O) groups is 2. The maximum Gasteiger partial charge on any atom is 0.321 e. The number of hydrogen-bond donors (Lipinski definition) is 2. The lowest BCUT2D eigenvalue weighted by atomic mass is 9.96. The highest BCUT2D eigenvalue weighted by atomic mass is 32.2. The van der Waals surface area contributed by atoms with E-state index in [9.17, 15) is 9.59 Å². The number of hydrogen-bond acceptors (Lipinski definition) is 6. The van der Waals surface area contributed by atoms with Crippen molar-refractivity contribution < 1.29 is 9.59 Å². The number of benzene rings is 2. The molecule has 2 aromatic carbocycles. The van der Waals surface area contributed by atoms with Crippen molar-refractivity contribution in [1.82, 2.24) is 20.4 Å². The fourth-order valence-electron chi connectivity index (χ4n) is 3.82. The predicted octanol–water partition coefficient (Wildman–Crippen LogP) is 4.34. The number of imide groups is 1. The Hall–Kier alpha value is -2.91. The zero-order valence-corrected chi connectivity index (χ0v) is 20.6. The molecule has 0 saturated heterocycles. The Bertz CT molecular complexity index is 1140. The summed E-state index contributed by atoms with van der Waals surface area (Å²) in [5.41, 5.74) is 2.25. The van der Waals surface area contributed by atoms with Crippen LogP contribution >= 0.6 is 23.1 Å². The monoisotopic (exact) mass is 495 g/mol. The molecule has 9 heteroatoms. The average Bonchev–Trinajstić information content (AvgIpc) is 3.24. The van der Waals surface area contributed by atoms with Crippen LogP contribution in [0.15, 0.2) is 70.0 Å². The molecule has 1 heterocycles. The fourth-order valence-corrected chi connectivity index (χ4v) is 5.58. The number of rotatable bonds is 8. The third-order valence-corrected chi connectivity index (χ3v) is 7.65. The topological polar surface area (TPSA) is 88.4 Å². The first-order valence-electron chi connectivity index (χ1n) is 11.5. The van der Waals surface area contributed by atoms with Crippen LogP contribution in [0.1, 0.15) is 43.2 Å². The van der Waals surface area contributed by atoms with Crippen molar-refractivity contribution >= 4 is 35.0 Å². The largest absolute Gasteiger partial charge is 0.335 e. The van der Waals surface area contributed by atoms with Crippen LogP contribution in [0.5, 0.6) is 0 Å². The highest BCUT2D eigenvalue weighted by Crippen LogP contribution is 2.19. The van der Waals surface area contributed by atoms with Gasteiger partial charge in [0.1, 0.15) is 0 Å². The quantitative estimate of drug-likeness (QED) is 0.455. The van der Waals surface area contributed by atoms with E-state index < -0.39 is 6.03 Å². The molecule has 0 bridgehead atoms. The zero-order chi connectivity index (χ0) is 23.6. The first-order chi connectivity index (χ1) is 16.7. The second-order valence-corrected chi connectivity index (χ2v) is 10.4. The molecule has 1 fully saturated rings. The molecule has 0 unspecified atom stereocenters. The van der Waals surface area contributed by atoms with Crippen molar-refractivity contribution in [3.63, 3.8) is 0 Å². The number of urea groups is 1. The summed E-state index contributed by atoms with van der Waals surface area (Å²) in [5, 5.41) is 10.0. The minimum Gasteiger partial charge on any atom is -0.335 e. The third kappa shape index (κ3) is 7.56. The molecule has 3 amide bonds. The standard InChI is InChI=1S/C25H29N5O2S2/c31-22(28-23(32)27-21-14-8-3-9-15-21)18-33-25-29-30(17-20-12-6-2-7-13-20)24(34-25)26-16-19-10-4-1-5-11-19/h1-2,4-7,10-13,21H,3,8-9,14-18H2,(H2,27,28,31,32).